The Hall–Kier alpha value is -2.83. The van der Waals surface area contributed by atoms with Crippen molar-refractivity contribution < 1.29 is 4.39 Å². The number of benzene rings is 2. The quantitative estimate of drug-likeness (QED) is 0.520. The second-order valence-corrected chi connectivity index (χ2v) is 7.88. The molecule has 1 unspecified atom stereocenters. The van der Waals surface area contributed by atoms with Crippen molar-refractivity contribution in [3.8, 4) is 10.4 Å². The van der Waals surface area contributed by atoms with Crippen molar-refractivity contribution in [2.45, 2.75) is 19.5 Å². The molecule has 28 heavy (non-hydrogen) atoms. The van der Waals surface area contributed by atoms with Crippen LogP contribution in [0.3, 0.4) is 0 Å². The lowest BCUT2D eigenvalue weighted by molar-refractivity contribution is 0.247. The minimum atomic E-state index is -0.248. The topological polar surface area (TPSA) is 49.0 Å². The smallest absolute Gasteiger partial charge is 0.259 e. The summed E-state index contributed by atoms with van der Waals surface area (Å²) in [6.45, 7) is 2.53. The van der Waals surface area contributed by atoms with Crippen LogP contribution in [0.5, 0.6) is 0 Å². The molecule has 1 atom stereocenters. The molecule has 0 aliphatic heterocycles. The summed E-state index contributed by atoms with van der Waals surface area (Å²) >= 11 is 1.52. The average Bonchev–Trinajstić information content (AvgIpc) is 3.13. The van der Waals surface area contributed by atoms with Crippen LogP contribution in [0.2, 0.25) is 0 Å². The Kier molecular flexibility index (Phi) is 5.07. The molecule has 2 aromatic heterocycles. The van der Waals surface area contributed by atoms with Gasteiger partial charge in [0, 0.05) is 10.9 Å². The molecule has 0 spiro atoms. The molecule has 142 valence electrons. The van der Waals surface area contributed by atoms with Crippen LogP contribution in [0.1, 0.15) is 24.4 Å². The van der Waals surface area contributed by atoms with E-state index in [-0.39, 0.29) is 17.4 Å². The van der Waals surface area contributed by atoms with Gasteiger partial charge in [-0.1, -0.05) is 42.5 Å². The highest BCUT2D eigenvalue weighted by Gasteiger charge is 2.15. The Labute approximate surface area is 166 Å². The van der Waals surface area contributed by atoms with Crippen molar-refractivity contribution in [2.24, 2.45) is 0 Å². The lowest BCUT2D eigenvalue weighted by Crippen LogP contribution is -2.24. The number of nitrogens with one attached hydrogen (secondary N) is 1. The fourth-order valence-corrected chi connectivity index (χ4v) is 4.22. The van der Waals surface area contributed by atoms with Crippen LogP contribution in [0.15, 0.2) is 65.5 Å². The third kappa shape index (κ3) is 3.74. The number of aromatic amines is 1. The van der Waals surface area contributed by atoms with E-state index in [0.29, 0.717) is 17.8 Å². The number of H-pyrrole nitrogens is 1. The first-order chi connectivity index (χ1) is 13.5. The highest BCUT2D eigenvalue weighted by Crippen LogP contribution is 2.31. The summed E-state index contributed by atoms with van der Waals surface area (Å²) in [5.41, 5.74) is 1.96. The van der Waals surface area contributed by atoms with Gasteiger partial charge in [0.05, 0.1) is 11.9 Å². The SMILES string of the molecule is CC(c1ccc(F)cc1)N(C)Cc1nc2sc(-c3ccccc3)cc2c(=O)[nH]1. The van der Waals surface area contributed by atoms with Gasteiger partial charge in [0.25, 0.3) is 5.56 Å². The summed E-state index contributed by atoms with van der Waals surface area (Å²) in [4.78, 5) is 24.0. The normalized spacial score (nSPS) is 12.6. The molecule has 0 saturated heterocycles. The van der Waals surface area contributed by atoms with Crippen LogP contribution in [0.25, 0.3) is 20.7 Å². The van der Waals surface area contributed by atoms with Crippen molar-refractivity contribution >= 4 is 21.6 Å². The van der Waals surface area contributed by atoms with E-state index in [2.05, 4.69) is 14.9 Å². The van der Waals surface area contributed by atoms with Crippen molar-refractivity contribution in [3.05, 3.63) is 88.2 Å². The zero-order chi connectivity index (χ0) is 19.7. The van der Waals surface area contributed by atoms with Crippen molar-refractivity contribution in [3.63, 3.8) is 0 Å². The first-order valence-corrected chi connectivity index (χ1v) is 9.87. The van der Waals surface area contributed by atoms with Crippen LogP contribution in [-0.4, -0.2) is 21.9 Å². The van der Waals surface area contributed by atoms with Gasteiger partial charge in [-0.25, -0.2) is 9.37 Å². The number of aromatic nitrogens is 2. The third-order valence-electron chi connectivity index (χ3n) is 4.92. The molecule has 0 fully saturated rings. The van der Waals surface area contributed by atoms with Gasteiger partial charge in [-0.05, 0) is 43.3 Å². The average molecular weight is 393 g/mol. The number of hydrogen-bond donors (Lipinski definition) is 1. The predicted molar refractivity (Wildman–Crippen MR) is 112 cm³/mol. The minimum Gasteiger partial charge on any atom is -0.309 e. The molecule has 2 heterocycles. The molecule has 4 nitrogen and oxygen atoms in total. The third-order valence-corrected chi connectivity index (χ3v) is 6.00. The van der Waals surface area contributed by atoms with E-state index in [4.69, 9.17) is 0 Å². The van der Waals surface area contributed by atoms with Gasteiger partial charge in [0.1, 0.15) is 16.5 Å². The molecule has 1 N–H and O–H groups in total. The van der Waals surface area contributed by atoms with Crippen LogP contribution in [-0.2, 0) is 6.54 Å². The summed E-state index contributed by atoms with van der Waals surface area (Å²) < 4.78 is 13.2. The Morgan fingerprint density at radius 3 is 2.57 bits per heavy atom. The number of thiophene rings is 1. The Balaban J connectivity index is 1.60. The van der Waals surface area contributed by atoms with E-state index in [1.807, 2.05) is 50.4 Å². The summed E-state index contributed by atoms with van der Waals surface area (Å²) in [5, 5.41) is 0.613. The van der Waals surface area contributed by atoms with Crippen molar-refractivity contribution in [2.75, 3.05) is 7.05 Å². The molecule has 0 aliphatic carbocycles. The maximum absolute atomic E-state index is 13.2. The Bertz CT molecular complexity index is 1150. The largest absolute Gasteiger partial charge is 0.309 e. The number of hydrogen-bond acceptors (Lipinski definition) is 4. The van der Waals surface area contributed by atoms with Crippen molar-refractivity contribution in [1.29, 1.82) is 0 Å². The number of fused-ring (bicyclic) bond motifs is 1. The van der Waals surface area contributed by atoms with E-state index < -0.39 is 0 Å². The summed E-state index contributed by atoms with van der Waals surface area (Å²) in [6, 6.07) is 18.4. The lowest BCUT2D eigenvalue weighted by atomic mass is 10.1. The van der Waals surface area contributed by atoms with Crippen LogP contribution in [0.4, 0.5) is 4.39 Å². The number of halogens is 1. The minimum absolute atomic E-state index is 0.0600. The second kappa shape index (κ2) is 7.66. The molecule has 4 aromatic rings. The molecular weight excluding hydrogens is 373 g/mol. The van der Waals surface area contributed by atoms with Crippen LogP contribution in [0, 0.1) is 5.82 Å². The summed E-state index contributed by atoms with van der Waals surface area (Å²) in [6.07, 6.45) is 0. The highest BCUT2D eigenvalue weighted by atomic mass is 32.1. The first kappa shape index (κ1) is 18.5. The monoisotopic (exact) mass is 393 g/mol. The Morgan fingerprint density at radius 2 is 1.86 bits per heavy atom. The van der Waals surface area contributed by atoms with Gasteiger partial charge in [-0.15, -0.1) is 11.3 Å². The van der Waals surface area contributed by atoms with Crippen LogP contribution >= 0.6 is 11.3 Å². The van der Waals surface area contributed by atoms with E-state index in [0.717, 1.165) is 20.8 Å². The molecule has 0 radical (unpaired) electrons. The van der Waals surface area contributed by atoms with Gasteiger partial charge in [-0.3, -0.25) is 9.69 Å². The van der Waals surface area contributed by atoms with Gasteiger partial charge in [0.2, 0.25) is 0 Å². The standard InChI is InChI=1S/C22H20FN3OS/c1-14(15-8-10-17(23)11-9-15)26(2)13-20-24-21(27)18-12-19(28-22(18)25-20)16-6-4-3-5-7-16/h3-12,14H,13H2,1-2H3,(H,24,25,27). The zero-order valence-electron chi connectivity index (χ0n) is 15.6. The fourth-order valence-electron chi connectivity index (χ4n) is 3.16. The van der Waals surface area contributed by atoms with E-state index >= 15 is 0 Å². The maximum atomic E-state index is 13.2. The molecule has 0 aliphatic rings. The maximum Gasteiger partial charge on any atom is 0.259 e. The van der Waals surface area contributed by atoms with Gasteiger partial charge in [0.15, 0.2) is 0 Å². The van der Waals surface area contributed by atoms with Crippen molar-refractivity contribution in [1.82, 2.24) is 14.9 Å². The molecule has 2 aromatic carbocycles. The molecule has 0 saturated carbocycles. The van der Waals surface area contributed by atoms with E-state index in [9.17, 15) is 9.18 Å². The fraction of sp³-hybridized carbons (Fsp3) is 0.182. The van der Waals surface area contributed by atoms with E-state index in [1.165, 1.54) is 23.5 Å². The van der Waals surface area contributed by atoms with Crippen LogP contribution < -0.4 is 5.56 Å². The van der Waals surface area contributed by atoms with Gasteiger partial charge >= 0.3 is 0 Å². The molecule has 0 amide bonds. The molecule has 4 rings (SSSR count). The lowest BCUT2D eigenvalue weighted by Gasteiger charge is -2.24. The number of nitrogens with zero attached hydrogens (tertiary/aromatic N) is 2. The predicted octanol–water partition coefficient (Wildman–Crippen LogP) is 4.98. The summed E-state index contributed by atoms with van der Waals surface area (Å²) in [5.74, 6) is 0.373. The molecule has 0 bridgehead atoms. The number of rotatable bonds is 5. The first-order valence-electron chi connectivity index (χ1n) is 9.05. The molecule has 6 heteroatoms. The molecular formula is C22H20FN3OS. The summed E-state index contributed by atoms with van der Waals surface area (Å²) in [7, 11) is 1.96. The highest BCUT2D eigenvalue weighted by molar-refractivity contribution is 7.21. The zero-order valence-corrected chi connectivity index (χ0v) is 16.5. The van der Waals surface area contributed by atoms with Gasteiger partial charge in [-0.2, -0.15) is 0 Å². The second-order valence-electron chi connectivity index (χ2n) is 6.85. The van der Waals surface area contributed by atoms with Gasteiger partial charge < -0.3 is 4.98 Å². The van der Waals surface area contributed by atoms with E-state index in [1.54, 1.807) is 12.1 Å². The Morgan fingerprint density at radius 1 is 1.14 bits per heavy atom.